The summed E-state index contributed by atoms with van der Waals surface area (Å²) < 4.78 is 0. The van der Waals surface area contributed by atoms with Gasteiger partial charge in [-0.15, -0.1) is 5.92 Å². The van der Waals surface area contributed by atoms with Crippen LogP contribution in [-0.4, -0.2) is 37.0 Å². The molecule has 0 unspecified atom stereocenters. The third kappa shape index (κ3) is 3.80. The van der Waals surface area contributed by atoms with Crippen LogP contribution < -0.4 is 5.32 Å². The van der Waals surface area contributed by atoms with Gasteiger partial charge < -0.3 is 4.90 Å². The van der Waals surface area contributed by atoms with Crippen molar-refractivity contribution in [3.8, 4) is 11.8 Å². The smallest absolute Gasteiger partial charge is 0.236 e. The molecule has 0 saturated carbocycles. The summed E-state index contributed by atoms with van der Waals surface area (Å²) in [6.07, 6.45) is 3.57. The first-order chi connectivity index (χ1) is 6.84. The van der Waals surface area contributed by atoms with E-state index in [2.05, 4.69) is 17.2 Å². The van der Waals surface area contributed by atoms with Gasteiger partial charge in [-0.3, -0.25) is 10.1 Å². The van der Waals surface area contributed by atoms with E-state index in [0.29, 0.717) is 13.1 Å². The van der Waals surface area contributed by atoms with Crippen LogP contribution in [0.3, 0.4) is 0 Å². The van der Waals surface area contributed by atoms with Gasteiger partial charge in [0.1, 0.15) is 0 Å². The van der Waals surface area contributed by atoms with Crippen molar-refractivity contribution in [2.45, 2.75) is 26.2 Å². The molecule has 0 aromatic rings. The number of rotatable bonds is 3. The van der Waals surface area contributed by atoms with Crippen molar-refractivity contribution >= 4 is 5.91 Å². The molecule has 1 aliphatic rings. The van der Waals surface area contributed by atoms with Crippen molar-refractivity contribution in [2.75, 3.05) is 26.2 Å². The third-order valence-corrected chi connectivity index (χ3v) is 2.38. The van der Waals surface area contributed by atoms with Crippen LogP contribution in [0, 0.1) is 11.8 Å². The van der Waals surface area contributed by atoms with Gasteiger partial charge in [0.25, 0.3) is 0 Å². The molecular weight excluding hydrogens is 176 g/mol. The van der Waals surface area contributed by atoms with E-state index in [1.54, 1.807) is 6.92 Å². The van der Waals surface area contributed by atoms with Crippen molar-refractivity contribution in [3.05, 3.63) is 0 Å². The standard InChI is InChI=1S/C11H18N2O/c1-2-3-7-12-10-11(14)13-8-5-4-6-9-13/h12H,4-10H2,1H3. The molecule has 0 aromatic heterocycles. The number of piperidine rings is 1. The normalized spacial score (nSPS) is 15.9. The Labute approximate surface area is 85.9 Å². The monoisotopic (exact) mass is 194 g/mol. The van der Waals surface area contributed by atoms with E-state index in [4.69, 9.17) is 0 Å². The summed E-state index contributed by atoms with van der Waals surface area (Å²) in [6.45, 7) is 4.69. The van der Waals surface area contributed by atoms with E-state index >= 15 is 0 Å². The van der Waals surface area contributed by atoms with E-state index < -0.39 is 0 Å². The van der Waals surface area contributed by atoms with Gasteiger partial charge >= 0.3 is 0 Å². The highest BCUT2D eigenvalue weighted by molar-refractivity contribution is 5.78. The second kappa shape index (κ2) is 6.44. The Morgan fingerprint density at radius 2 is 2.07 bits per heavy atom. The van der Waals surface area contributed by atoms with E-state index in [1.165, 1.54) is 6.42 Å². The summed E-state index contributed by atoms with van der Waals surface area (Å²) in [5.41, 5.74) is 0. The molecule has 1 saturated heterocycles. The molecule has 0 aliphatic carbocycles. The zero-order valence-electron chi connectivity index (χ0n) is 8.81. The lowest BCUT2D eigenvalue weighted by molar-refractivity contribution is -0.131. The molecule has 3 heteroatoms. The molecule has 78 valence electrons. The molecule has 3 nitrogen and oxygen atoms in total. The lowest BCUT2D eigenvalue weighted by Gasteiger charge is -2.26. The zero-order valence-corrected chi connectivity index (χ0v) is 8.81. The maximum Gasteiger partial charge on any atom is 0.236 e. The molecule has 1 amide bonds. The predicted molar refractivity (Wildman–Crippen MR) is 56.8 cm³/mol. The quantitative estimate of drug-likeness (QED) is 0.527. The number of carbonyl (C=O) groups excluding carboxylic acids is 1. The average molecular weight is 194 g/mol. The summed E-state index contributed by atoms with van der Waals surface area (Å²) in [4.78, 5) is 13.5. The van der Waals surface area contributed by atoms with Crippen LogP contribution in [0.2, 0.25) is 0 Å². The Balaban J connectivity index is 2.15. The highest BCUT2D eigenvalue weighted by Crippen LogP contribution is 2.07. The van der Waals surface area contributed by atoms with Gasteiger partial charge in [0.15, 0.2) is 0 Å². The Kier molecular flexibility index (Phi) is 5.09. The molecule has 0 atom stereocenters. The number of hydrogen-bond acceptors (Lipinski definition) is 2. The fourth-order valence-corrected chi connectivity index (χ4v) is 1.58. The number of hydrogen-bond donors (Lipinski definition) is 1. The molecule has 0 spiro atoms. The highest BCUT2D eigenvalue weighted by Gasteiger charge is 2.15. The Morgan fingerprint density at radius 1 is 1.36 bits per heavy atom. The van der Waals surface area contributed by atoms with Crippen LogP contribution in [0.1, 0.15) is 26.2 Å². The van der Waals surface area contributed by atoms with Crippen LogP contribution >= 0.6 is 0 Å². The first-order valence-electron chi connectivity index (χ1n) is 5.22. The zero-order chi connectivity index (χ0) is 10.2. The molecule has 1 rings (SSSR count). The second-order valence-electron chi connectivity index (χ2n) is 3.47. The largest absolute Gasteiger partial charge is 0.342 e. The van der Waals surface area contributed by atoms with Crippen molar-refractivity contribution in [1.82, 2.24) is 10.2 Å². The Bertz CT molecular complexity index is 233. The average Bonchev–Trinajstić information content (AvgIpc) is 2.25. The SMILES string of the molecule is CC#CCNCC(=O)N1CCCCC1. The molecule has 1 N–H and O–H groups in total. The van der Waals surface area contributed by atoms with Crippen LogP contribution in [0.15, 0.2) is 0 Å². The number of nitrogens with one attached hydrogen (secondary N) is 1. The van der Waals surface area contributed by atoms with Crippen molar-refractivity contribution < 1.29 is 4.79 Å². The molecule has 0 aromatic carbocycles. The Morgan fingerprint density at radius 3 is 2.71 bits per heavy atom. The summed E-state index contributed by atoms with van der Waals surface area (Å²) >= 11 is 0. The summed E-state index contributed by atoms with van der Waals surface area (Å²) in [5.74, 6) is 5.87. The second-order valence-corrected chi connectivity index (χ2v) is 3.47. The number of amides is 1. The van der Waals surface area contributed by atoms with Gasteiger partial charge in [0, 0.05) is 13.1 Å². The number of likely N-dealkylation sites (tertiary alicyclic amines) is 1. The first kappa shape index (κ1) is 11.1. The lowest BCUT2D eigenvalue weighted by Crippen LogP contribution is -2.41. The van der Waals surface area contributed by atoms with E-state index in [0.717, 1.165) is 25.9 Å². The summed E-state index contributed by atoms with van der Waals surface area (Å²) in [5, 5.41) is 3.02. The number of nitrogens with zero attached hydrogens (tertiary/aromatic N) is 1. The third-order valence-electron chi connectivity index (χ3n) is 2.38. The molecule has 0 radical (unpaired) electrons. The summed E-state index contributed by atoms with van der Waals surface area (Å²) in [7, 11) is 0. The maximum absolute atomic E-state index is 11.6. The van der Waals surface area contributed by atoms with Crippen molar-refractivity contribution in [3.63, 3.8) is 0 Å². The van der Waals surface area contributed by atoms with Gasteiger partial charge in [0.05, 0.1) is 13.1 Å². The van der Waals surface area contributed by atoms with Gasteiger partial charge in [-0.1, -0.05) is 5.92 Å². The highest BCUT2D eigenvalue weighted by atomic mass is 16.2. The minimum atomic E-state index is 0.211. The molecule has 1 fully saturated rings. The number of carbonyl (C=O) groups is 1. The van der Waals surface area contributed by atoms with Crippen LogP contribution in [0.25, 0.3) is 0 Å². The summed E-state index contributed by atoms with van der Waals surface area (Å²) in [6, 6.07) is 0. The minimum Gasteiger partial charge on any atom is -0.342 e. The van der Waals surface area contributed by atoms with Crippen LogP contribution in [-0.2, 0) is 4.79 Å². The van der Waals surface area contributed by atoms with E-state index in [1.807, 2.05) is 4.90 Å². The molecule has 0 bridgehead atoms. The van der Waals surface area contributed by atoms with Crippen LogP contribution in [0.5, 0.6) is 0 Å². The fraction of sp³-hybridized carbons (Fsp3) is 0.727. The Hall–Kier alpha value is -1.01. The van der Waals surface area contributed by atoms with Gasteiger partial charge in [-0.2, -0.15) is 0 Å². The lowest BCUT2D eigenvalue weighted by atomic mass is 10.1. The predicted octanol–water partition coefficient (Wildman–Crippen LogP) is 0.612. The topological polar surface area (TPSA) is 32.3 Å². The van der Waals surface area contributed by atoms with E-state index in [-0.39, 0.29) is 5.91 Å². The first-order valence-corrected chi connectivity index (χ1v) is 5.22. The van der Waals surface area contributed by atoms with Crippen molar-refractivity contribution in [2.24, 2.45) is 0 Å². The fourth-order valence-electron chi connectivity index (χ4n) is 1.58. The molecule has 1 aliphatic heterocycles. The van der Waals surface area contributed by atoms with Gasteiger partial charge in [-0.05, 0) is 26.2 Å². The van der Waals surface area contributed by atoms with Gasteiger partial charge in [-0.25, -0.2) is 0 Å². The molecular formula is C11H18N2O. The van der Waals surface area contributed by atoms with E-state index in [9.17, 15) is 4.79 Å². The minimum absolute atomic E-state index is 0.211. The molecule has 1 heterocycles. The maximum atomic E-state index is 11.6. The molecule has 14 heavy (non-hydrogen) atoms. The van der Waals surface area contributed by atoms with Gasteiger partial charge in [0.2, 0.25) is 5.91 Å². The van der Waals surface area contributed by atoms with Crippen molar-refractivity contribution in [1.29, 1.82) is 0 Å². The van der Waals surface area contributed by atoms with Crippen LogP contribution in [0.4, 0.5) is 0 Å².